The monoisotopic (exact) mass is 235 g/mol. The Bertz CT molecular complexity index is 309. The molecule has 1 atom stereocenters. The van der Waals surface area contributed by atoms with Crippen molar-refractivity contribution in [1.29, 1.82) is 0 Å². The summed E-state index contributed by atoms with van der Waals surface area (Å²) in [6, 6.07) is 11.0. The Morgan fingerprint density at radius 1 is 1.24 bits per heavy atom. The van der Waals surface area contributed by atoms with E-state index in [1.165, 1.54) is 5.56 Å². The maximum Gasteiger partial charge on any atom is 0.0587 e. The molecule has 1 unspecified atom stereocenters. The van der Waals surface area contributed by atoms with Gasteiger partial charge >= 0.3 is 0 Å². The highest BCUT2D eigenvalue weighted by Crippen LogP contribution is 2.09. The maximum absolute atomic E-state index is 9.42. The summed E-state index contributed by atoms with van der Waals surface area (Å²) in [4.78, 5) is 0. The zero-order valence-corrected chi connectivity index (χ0v) is 10.1. The molecule has 0 amide bonds. The van der Waals surface area contributed by atoms with E-state index in [0.717, 1.165) is 32.5 Å². The van der Waals surface area contributed by atoms with Crippen LogP contribution in [-0.2, 0) is 11.2 Å². The van der Waals surface area contributed by atoms with E-state index < -0.39 is 0 Å². The number of aliphatic hydroxyl groups excluding tert-OH is 1. The quantitative estimate of drug-likeness (QED) is 0.809. The number of hydrogen-bond acceptors (Lipinski definition) is 3. The molecule has 0 spiro atoms. The lowest BCUT2D eigenvalue weighted by Gasteiger charge is -2.27. The van der Waals surface area contributed by atoms with E-state index in [4.69, 9.17) is 4.74 Å². The van der Waals surface area contributed by atoms with Crippen molar-refractivity contribution < 1.29 is 9.84 Å². The average Bonchev–Trinajstić information content (AvgIpc) is 2.40. The van der Waals surface area contributed by atoms with E-state index in [0.29, 0.717) is 6.04 Å². The Morgan fingerprint density at radius 2 is 1.94 bits per heavy atom. The number of ether oxygens (including phenoxy) is 1. The SMILES string of the molecule is OCC(Cc1ccccc1)NC1CCOCC1. The van der Waals surface area contributed by atoms with Gasteiger partial charge in [-0.25, -0.2) is 0 Å². The molecule has 0 aromatic heterocycles. The van der Waals surface area contributed by atoms with Gasteiger partial charge in [0.2, 0.25) is 0 Å². The molecule has 0 saturated carbocycles. The summed E-state index contributed by atoms with van der Waals surface area (Å²) in [5.74, 6) is 0. The van der Waals surface area contributed by atoms with Gasteiger partial charge in [-0.2, -0.15) is 0 Å². The fourth-order valence-corrected chi connectivity index (χ4v) is 2.27. The lowest BCUT2D eigenvalue weighted by atomic mass is 10.0. The molecule has 1 aliphatic heterocycles. The Balaban J connectivity index is 1.83. The van der Waals surface area contributed by atoms with Crippen molar-refractivity contribution in [3.63, 3.8) is 0 Å². The highest BCUT2D eigenvalue weighted by molar-refractivity contribution is 5.15. The van der Waals surface area contributed by atoms with Crippen LogP contribution in [0.25, 0.3) is 0 Å². The standard InChI is InChI=1S/C14H21NO2/c16-11-14(10-12-4-2-1-3-5-12)15-13-6-8-17-9-7-13/h1-5,13-16H,6-11H2. The molecule has 1 aromatic rings. The van der Waals surface area contributed by atoms with Crippen molar-refractivity contribution in [3.05, 3.63) is 35.9 Å². The van der Waals surface area contributed by atoms with Crippen LogP contribution in [0.4, 0.5) is 0 Å². The molecule has 94 valence electrons. The van der Waals surface area contributed by atoms with Crippen molar-refractivity contribution in [1.82, 2.24) is 5.32 Å². The summed E-state index contributed by atoms with van der Waals surface area (Å²) in [7, 11) is 0. The Kier molecular flexibility index (Phi) is 4.98. The van der Waals surface area contributed by atoms with Crippen LogP contribution in [0.15, 0.2) is 30.3 Å². The summed E-state index contributed by atoms with van der Waals surface area (Å²) in [5.41, 5.74) is 1.27. The fraction of sp³-hybridized carbons (Fsp3) is 0.571. The van der Waals surface area contributed by atoms with Gasteiger partial charge in [0.05, 0.1) is 6.61 Å². The van der Waals surface area contributed by atoms with E-state index in [1.807, 2.05) is 18.2 Å². The maximum atomic E-state index is 9.42. The van der Waals surface area contributed by atoms with E-state index in [2.05, 4.69) is 17.4 Å². The molecular weight excluding hydrogens is 214 g/mol. The largest absolute Gasteiger partial charge is 0.395 e. The number of nitrogens with one attached hydrogen (secondary N) is 1. The molecule has 1 heterocycles. The van der Waals surface area contributed by atoms with E-state index in [9.17, 15) is 5.11 Å². The highest BCUT2D eigenvalue weighted by Gasteiger charge is 2.17. The van der Waals surface area contributed by atoms with Gasteiger partial charge < -0.3 is 15.2 Å². The second-order valence-corrected chi connectivity index (χ2v) is 4.62. The third-order valence-electron chi connectivity index (χ3n) is 3.24. The normalized spacial score (nSPS) is 19.1. The summed E-state index contributed by atoms with van der Waals surface area (Å²) in [6.07, 6.45) is 2.98. The lowest BCUT2D eigenvalue weighted by Crippen LogP contribution is -2.44. The molecule has 3 heteroatoms. The van der Waals surface area contributed by atoms with Crippen molar-refractivity contribution in [2.75, 3.05) is 19.8 Å². The lowest BCUT2D eigenvalue weighted by molar-refractivity contribution is 0.0715. The van der Waals surface area contributed by atoms with E-state index in [-0.39, 0.29) is 12.6 Å². The third kappa shape index (κ3) is 4.11. The van der Waals surface area contributed by atoms with Crippen LogP contribution in [0.3, 0.4) is 0 Å². The van der Waals surface area contributed by atoms with Gasteiger partial charge in [-0.15, -0.1) is 0 Å². The van der Waals surface area contributed by atoms with Crippen molar-refractivity contribution in [2.24, 2.45) is 0 Å². The van der Waals surface area contributed by atoms with E-state index >= 15 is 0 Å². The van der Waals surface area contributed by atoms with Gasteiger partial charge in [-0.05, 0) is 24.8 Å². The first-order chi connectivity index (χ1) is 8.38. The first-order valence-electron chi connectivity index (χ1n) is 6.37. The van der Waals surface area contributed by atoms with Gasteiger partial charge in [0.1, 0.15) is 0 Å². The minimum Gasteiger partial charge on any atom is -0.395 e. The van der Waals surface area contributed by atoms with Gasteiger partial charge in [-0.3, -0.25) is 0 Å². The smallest absolute Gasteiger partial charge is 0.0587 e. The average molecular weight is 235 g/mol. The van der Waals surface area contributed by atoms with E-state index in [1.54, 1.807) is 0 Å². The predicted octanol–water partition coefficient (Wildman–Crippen LogP) is 1.36. The predicted molar refractivity (Wildman–Crippen MR) is 68.0 cm³/mol. The molecular formula is C14H21NO2. The van der Waals surface area contributed by atoms with Crippen LogP contribution in [0.1, 0.15) is 18.4 Å². The molecule has 1 aromatic carbocycles. The minimum absolute atomic E-state index is 0.153. The topological polar surface area (TPSA) is 41.5 Å². The molecule has 1 fully saturated rings. The Hall–Kier alpha value is -0.900. The number of rotatable bonds is 5. The molecule has 0 bridgehead atoms. The second-order valence-electron chi connectivity index (χ2n) is 4.62. The fourth-order valence-electron chi connectivity index (χ4n) is 2.27. The third-order valence-corrected chi connectivity index (χ3v) is 3.24. The first-order valence-corrected chi connectivity index (χ1v) is 6.37. The number of aliphatic hydroxyl groups is 1. The number of hydrogen-bond donors (Lipinski definition) is 2. The summed E-state index contributed by atoms with van der Waals surface area (Å²) >= 11 is 0. The summed E-state index contributed by atoms with van der Waals surface area (Å²) < 4.78 is 5.33. The van der Waals surface area contributed by atoms with Crippen molar-refractivity contribution >= 4 is 0 Å². The zero-order valence-electron chi connectivity index (χ0n) is 10.1. The van der Waals surface area contributed by atoms with Crippen LogP contribution in [0.2, 0.25) is 0 Å². The first kappa shape index (κ1) is 12.6. The molecule has 0 radical (unpaired) electrons. The van der Waals surface area contributed by atoms with Crippen LogP contribution >= 0.6 is 0 Å². The van der Waals surface area contributed by atoms with Gasteiger partial charge in [-0.1, -0.05) is 30.3 Å². The Morgan fingerprint density at radius 3 is 2.59 bits per heavy atom. The zero-order chi connectivity index (χ0) is 11.9. The molecule has 1 saturated heterocycles. The van der Waals surface area contributed by atoms with Gasteiger partial charge in [0.25, 0.3) is 0 Å². The Labute approximate surface area is 103 Å². The summed E-state index contributed by atoms with van der Waals surface area (Å²) in [6.45, 7) is 1.86. The van der Waals surface area contributed by atoms with Crippen molar-refractivity contribution in [2.45, 2.75) is 31.3 Å². The molecule has 17 heavy (non-hydrogen) atoms. The van der Waals surface area contributed by atoms with Crippen LogP contribution in [0, 0.1) is 0 Å². The molecule has 1 aliphatic rings. The second kappa shape index (κ2) is 6.74. The van der Waals surface area contributed by atoms with Crippen molar-refractivity contribution in [3.8, 4) is 0 Å². The van der Waals surface area contributed by atoms with Crippen LogP contribution in [0.5, 0.6) is 0 Å². The number of benzene rings is 1. The van der Waals surface area contributed by atoms with Crippen LogP contribution < -0.4 is 5.32 Å². The highest BCUT2D eigenvalue weighted by atomic mass is 16.5. The van der Waals surface area contributed by atoms with Gasteiger partial charge in [0.15, 0.2) is 0 Å². The molecule has 2 N–H and O–H groups in total. The molecule has 2 rings (SSSR count). The van der Waals surface area contributed by atoms with Crippen LogP contribution in [-0.4, -0.2) is 37.0 Å². The summed E-state index contributed by atoms with van der Waals surface area (Å²) in [5, 5.41) is 12.9. The molecule has 0 aliphatic carbocycles. The minimum atomic E-state index is 0.153. The van der Waals surface area contributed by atoms with Gasteiger partial charge in [0, 0.05) is 25.3 Å². The molecule has 3 nitrogen and oxygen atoms in total.